The van der Waals surface area contributed by atoms with E-state index in [4.69, 9.17) is 9.47 Å². The molecule has 0 radical (unpaired) electrons. The first-order valence-electron chi connectivity index (χ1n) is 9.00. The molecule has 6 heteroatoms. The van der Waals surface area contributed by atoms with Crippen LogP contribution in [0.15, 0.2) is 36.4 Å². The predicted octanol–water partition coefficient (Wildman–Crippen LogP) is 3.95. The van der Waals surface area contributed by atoms with Gasteiger partial charge in [-0.15, -0.1) is 0 Å². The van der Waals surface area contributed by atoms with Gasteiger partial charge in [0.25, 0.3) is 0 Å². The number of hydrogen-bond acceptors (Lipinski definition) is 4. The fourth-order valence-corrected chi connectivity index (χ4v) is 3.25. The third kappa shape index (κ3) is 3.89. The van der Waals surface area contributed by atoms with Gasteiger partial charge in [-0.25, -0.2) is 9.78 Å². The van der Waals surface area contributed by atoms with Crippen molar-refractivity contribution in [1.29, 1.82) is 0 Å². The Bertz CT molecular complexity index is 962. The quantitative estimate of drug-likeness (QED) is 0.652. The SMILES string of the molecule is CCCc1nc2cc(C(=O)O)ccc2n1CCc1ccc(OC)c(OC)c1. The molecule has 0 bridgehead atoms. The number of carboxylic acid groups (broad SMARTS) is 1. The second kappa shape index (κ2) is 8.12. The maximum absolute atomic E-state index is 11.2. The Balaban J connectivity index is 1.91. The van der Waals surface area contributed by atoms with E-state index in [2.05, 4.69) is 16.5 Å². The number of nitrogens with zero attached hydrogens (tertiary/aromatic N) is 2. The molecule has 0 amide bonds. The van der Waals surface area contributed by atoms with Gasteiger partial charge < -0.3 is 19.1 Å². The standard InChI is InChI=1S/C21H24N2O4/c1-4-5-20-22-16-13-15(21(24)25)7-8-17(16)23(20)11-10-14-6-9-18(26-2)19(12-14)27-3/h6-9,12-13H,4-5,10-11H2,1-3H3,(H,24,25). The van der Waals surface area contributed by atoms with Crippen molar-refractivity contribution in [2.45, 2.75) is 32.7 Å². The summed E-state index contributed by atoms with van der Waals surface area (Å²) in [5.41, 5.74) is 3.09. The number of carboxylic acids is 1. The van der Waals surface area contributed by atoms with Crippen molar-refractivity contribution < 1.29 is 19.4 Å². The maximum Gasteiger partial charge on any atom is 0.335 e. The first kappa shape index (κ1) is 18.8. The highest BCUT2D eigenvalue weighted by molar-refractivity contribution is 5.92. The average molecular weight is 368 g/mol. The van der Waals surface area contributed by atoms with Gasteiger partial charge in [0.05, 0.1) is 30.8 Å². The number of aryl methyl sites for hydroxylation is 3. The average Bonchev–Trinajstić information content (AvgIpc) is 3.02. The van der Waals surface area contributed by atoms with Crippen LogP contribution in [0.3, 0.4) is 0 Å². The van der Waals surface area contributed by atoms with Crippen LogP contribution in [0, 0.1) is 0 Å². The van der Waals surface area contributed by atoms with E-state index in [9.17, 15) is 9.90 Å². The summed E-state index contributed by atoms with van der Waals surface area (Å²) in [7, 11) is 3.25. The Labute approximate surface area is 158 Å². The van der Waals surface area contributed by atoms with E-state index in [1.54, 1.807) is 26.4 Å². The highest BCUT2D eigenvalue weighted by Crippen LogP contribution is 2.28. The maximum atomic E-state index is 11.2. The van der Waals surface area contributed by atoms with Gasteiger partial charge >= 0.3 is 5.97 Å². The lowest BCUT2D eigenvalue weighted by Crippen LogP contribution is -2.06. The summed E-state index contributed by atoms with van der Waals surface area (Å²) in [6.07, 6.45) is 2.64. The van der Waals surface area contributed by atoms with Gasteiger partial charge in [0.1, 0.15) is 5.82 Å². The topological polar surface area (TPSA) is 73.6 Å². The minimum absolute atomic E-state index is 0.259. The van der Waals surface area contributed by atoms with E-state index in [-0.39, 0.29) is 5.56 Å². The normalized spacial score (nSPS) is 10.9. The molecule has 0 saturated carbocycles. The number of benzene rings is 2. The number of aromatic nitrogens is 2. The van der Waals surface area contributed by atoms with Crippen LogP contribution in [-0.4, -0.2) is 34.8 Å². The number of hydrogen-bond donors (Lipinski definition) is 1. The van der Waals surface area contributed by atoms with Crippen LogP contribution in [0.2, 0.25) is 0 Å². The number of fused-ring (bicyclic) bond motifs is 1. The molecule has 0 aliphatic carbocycles. The van der Waals surface area contributed by atoms with Crippen LogP contribution >= 0.6 is 0 Å². The molecular weight excluding hydrogens is 344 g/mol. The summed E-state index contributed by atoms with van der Waals surface area (Å²) in [5, 5.41) is 9.21. The van der Waals surface area contributed by atoms with Crippen LogP contribution in [-0.2, 0) is 19.4 Å². The lowest BCUT2D eigenvalue weighted by molar-refractivity contribution is 0.0697. The molecule has 142 valence electrons. The van der Waals surface area contributed by atoms with Gasteiger partial charge in [-0.2, -0.15) is 0 Å². The fraction of sp³-hybridized carbons (Fsp3) is 0.333. The Morgan fingerprint density at radius 2 is 1.85 bits per heavy atom. The molecule has 1 N–H and O–H groups in total. The van der Waals surface area contributed by atoms with E-state index in [0.29, 0.717) is 11.5 Å². The lowest BCUT2D eigenvalue weighted by atomic mass is 10.1. The third-order valence-corrected chi connectivity index (χ3v) is 4.62. The van der Waals surface area contributed by atoms with Crippen LogP contribution in [0.4, 0.5) is 0 Å². The molecule has 0 spiro atoms. The molecule has 0 fully saturated rings. The van der Waals surface area contributed by atoms with Gasteiger partial charge in [0.2, 0.25) is 0 Å². The van der Waals surface area contributed by atoms with Crippen LogP contribution in [0.5, 0.6) is 11.5 Å². The second-order valence-electron chi connectivity index (χ2n) is 6.38. The Kier molecular flexibility index (Phi) is 5.64. The van der Waals surface area contributed by atoms with Crippen molar-refractivity contribution in [3.63, 3.8) is 0 Å². The zero-order chi connectivity index (χ0) is 19.4. The number of methoxy groups -OCH3 is 2. The summed E-state index contributed by atoms with van der Waals surface area (Å²) in [5.74, 6) is 1.47. The number of rotatable bonds is 8. The van der Waals surface area contributed by atoms with Gasteiger partial charge in [-0.1, -0.05) is 13.0 Å². The molecular formula is C21H24N2O4. The molecule has 6 nitrogen and oxygen atoms in total. The number of ether oxygens (including phenoxy) is 2. The molecule has 0 aliphatic rings. The molecule has 1 heterocycles. The number of aromatic carboxylic acids is 1. The molecule has 2 aromatic carbocycles. The largest absolute Gasteiger partial charge is 0.493 e. The number of imidazole rings is 1. The molecule has 0 saturated heterocycles. The minimum Gasteiger partial charge on any atom is -0.493 e. The highest BCUT2D eigenvalue weighted by Gasteiger charge is 2.13. The monoisotopic (exact) mass is 368 g/mol. The van der Waals surface area contributed by atoms with Crippen molar-refractivity contribution >= 4 is 17.0 Å². The van der Waals surface area contributed by atoms with Crippen LogP contribution < -0.4 is 9.47 Å². The molecule has 3 aromatic rings. The summed E-state index contributed by atoms with van der Waals surface area (Å²) in [6.45, 7) is 2.87. The first-order chi connectivity index (χ1) is 13.1. The van der Waals surface area contributed by atoms with Crippen molar-refractivity contribution in [2.75, 3.05) is 14.2 Å². The summed E-state index contributed by atoms with van der Waals surface area (Å²) in [4.78, 5) is 15.9. The first-order valence-corrected chi connectivity index (χ1v) is 9.00. The molecule has 1 aromatic heterocycles. The Hall–Kier alpha value is -3.02. The summed E-state index contributed by atoms with van der Waals surface area (Å²) >= 11 is 0. The smallest absolute Gasteiger partial charge is 0.335 e. The summed E-state index contributed by atoms with van der Waals surface area (Å²) < 4.78 is 12.9. The fourth-order valence-electron chi connectivity index (χ4n) is 3.25. The molecule has 0 unspecified atom stereocenters. The number of carbonyl (C=O) groups is 1. The minimum atomic E-state index is -0.936. The van der Waals surface area contributed by atoms with Crippen molar-refractivity contribution in [2.24, 2.45) is 0 Å². The predicted molar refractivity (Wildman–Crippen MR) is 104 cm³/mol. The van der Waals surface area contributed by atoms with E-state index in [1.165, 1.54) is 0 Å². The van der Waals surface area contributed by atoms with E-state index >= 15 is 0 Å². The second-order valence-corrected chi connectivity index (χ2v) is 6.38. The zero-order valence-corrected chi connectivity index (χ0v) is 15.9. The Morgan fingerprint density at radius 1 is 1.07 bits per heavy atom. The van der Waals surface area contributed by atoms with Gasteiger partial charge in [0.15, 0.2) is 11.5 Å². The van der Waals surface area contributed by atoms with Gasteiger partial charge in [-0.3, -0.25) is 0 Å². The Morgan fingerprint density at radius 3 is 2.52 bits per heavy atom. The van der Waals surface area contributed by atoms with Gasteiger partial charge in [-0.05, 0) is 48.7 Å². The van der Waals surface area contributed by atoms with E-state index in [1.807, 2.05) is 24.3 Å². The molecule has 27 heavy (non-hydrogen) atoms. The summed E-state index contributed by atoms with van der Waals surface area (Å²) in [6, 6.07) is 11.0. The van der Waals surface area contributed by atoms with E-state index < -0.39 is 5.97 Å². The molecule has 3 rings (SSSR count). The highest BCUT2D eigenvalue weighted by atomic mass is 16.5. The van der Waals surface area contributed by atoms with Gasteiger partial charge in [0, 0.05) is 13.0 Å². The molecule has 0 atom stereocenters. The zero-order valence-electron chi connectivity index (χ0n) is 15.9. The van der Waals surface area contributed by atoms with Crippen molar-refractivity contribution in [1.82, 2.24) is 9.55 Å². The van der Waals surface area contributed by atoms with E-state index in [0.717, 1.165) is 48.2 Å². The van der Waals surface area contributed by atoms with Crippen molar-refractivity contribution in [3.8, 4) is 11.5 Å². The van der Waals surface area contributed by atoms with Crippen molar-refractivity contribution in [3.05, 3.63) is 53.3 Å². The van der Waals surface area contributed by atoms with Crippen LogP contribution in [0.25, 0.3) is 11.0 Å². The van der Waals surface area contributed by atoms with Crippen LogP contribution in [0.1, 0.15) is 35.1 Å². The molecule has 0 aliphatic heterocycles. The lowest BCUT2D eigenvalue weighted by Gasteiger charge is -2.12. The third-order valence-electron chi connectivity index (χ3n) is 4.62.